The van der Waals surface area contributed by atoms with Crippen LogP contribution in [-0.2, 0) is 14.8 Å². The molecule has 0 aromatic heterocycles. The summed E-state index contributed by atoms with van der Waals surface area (Å²) in [7, 11) is -0.781. The predicted molar refractivity (Wildman–Crippen MR) is 85.4 cm³/mol. The number of carbonyl (C=O) groups is 1. The van der Waals surface area contributed by atoms with Gasteiger partial charge in [0, 0.05) is 13.6 Å². The van der Waals surface area contributed by atoms with Gasteiger partial charge >= 0.3 is 0 Å². The molecule has 0 aliphatic heterocycles. The lowest BCUT2D eigenvalue weighted by Gasteiger charge is -2.18. The highest BCUT2D eigenvalue weighted by Crippen LogP contribution is 2.23. The Labute approximate surface area is 132 Å². The smallest absolute Gasteiger partial charge is 0.243 e. The maximum Gasteiger partial charge on any atom is 0.243 e. The van der Waals surface area contributed by atoms with E-state index in [1.807, 2.05) is 13.8 Å². The molecule has 0 bridgehead atoms. The maximum atomic E-state index is 12.5. The molecule has 124 valence electrons. The number of amides is 1. The van der Waals surface area contributed by atoms with Gasteiger partial charge in [0.05, 0.1) is 18.6 Å². The Morgan fingerprint density at radius 1 is 1.36 bits per heavy atom. The molecule has 1 amide bonds. The van der Waals surface area contributed by atoms with E-state index >= 15 is 0 Å². The second-order valence-corrected chi connectivity index (χ2v) is 7.64. The van der Waals surface area contributed by atoms with E-state index in [0.29, 0.717) is 18.2 Å². The molecule has 22 heavy (non-hydrogen) atoms. The molecule has 0 saturated heterocycles. The molecule has 0 spiro atoms. The first kappa shape index (κ1) is 18.4. The molecular formula is C15H24N2O4S. The average molecular weight is 328 g/mol. The van der Waals surface area contributed by atoms with E-state index in [0.717, 1.165) is 9.87 Å². The van der Waals surface area contributed by atoms with Crippen LogP contribution in [-0.4, -0.2) is 45.9 Å². The van der Waals surface area contributed by atoms with Gasteiger partial charge < -0.3 is 10.1 Å². The van der Waals surface area contributed by atoms with Gasteiger partial charge in [-0.2, -0.15) is 4.31 Å². The summed E-state index contributed by atoms with van der Waals surface area (Å²) in [5.74, 6) is 0.622. The molecular weight excluding hydrogens is 304 g/mol. The Morgan fingerprint density at radius 2 is 2.00 bits per heavy atom. The molecule has 0 radical (unpaired) electrons. The van der Waals surface area contributed by atoms with Crippen molar-refractivity contribution in [1.29, 1.82) is 0 Å². The summed E-state index contributed by atoms with van der Waals surface area (Å²) in [6.07, 6.45) is 0. The monoisotopic (exact) mass is 328 g/mol. The first-order valence-corrected chi connectivity index (χ1v) is 8.50. The molecule has 0 fully saturated rings. The van der Waals surface area contributed by atoms with Crippen LogP contribution in [0.3, 0.4) is 0 Å². The van der Waals surface area contributed by atoms with Crippen molar-refractivity contribution in [2.45, 2.75) is 25.7 Å². The Bertz CT molecular complexity index is 626. The van der Waals surface area contributed by atoms with Gasteiger partial charge in [-0.1, -0.05) is 13.8 Å². The highest BCUT2D eigenvalue weighted by molar-refractivity contribution is 7.89. The number of rotatable bonds is 7. The Morgan fingerprint density at radius 3 is 2.50 bits per heavy atom. The van der Waals surface area contributed by atoms with Crippen LogP contribution in [0.25, 0.3) is 0 Å². The largest absolute Gasteiger partial charge is 0.496 e. The lowest BCUT2D eigenvalue weighted by atomic mass is 10.2. The summed E-state index contributed by atoms with van der Waals surface area (Å²) in [4.78, 5) is 11.9. The van der Waals surface area contributed by atoms with Crippen LogP contribution in [0, 0.1) is 12.8 Å². The van der Waals surface area contributed by atoms with Crippen LogP contribution >= 0.6 is 0 Å². The van der Waals surface area contributed by atoms with E-state index < -0.39 is 10.0 Å². The topological polar surface area (TPSA) is 75.7 Å². The summed E-state index contributed by atoms with van der Waals surface area (Å²) in [6.45, 7) is 6.03. The van der Waals surface area contributed by atoms with Gasteiger partial charge in [-0.05, 0) is 36.6 Å². The first-order valence-electron chi connectivity index (χ1n) is 7.06. The molecule has 1 aromatic rings. The third-order valence-electron chi connectivity index (χ3n) is 3.15. The SMILES string of the molecule is COc1ccc(S(=O)(=O)N(C)CC(=O)NCC(C)C)cc1C. The number of hydrogen-bond acceptors (Lipinski definition) is 4. The Hall–Kier alpha value is -1.60. The van der Waals surface area contributed by atoms with E-state index in [-0.39, 0.29) is 17.3 Å². The lowest BCUT2D eigenvalue weighted by Crippen LogP contribution is -2.39. The summed E-state index contributed by atoms with van der Waals surface area (Å²) in [6, 6.07) is 4.62. The molecule has 1 rings (SSSR count). The number of carbonyl (C=O) groups excluding carboxylic acids is 1. The molecule has 0 saturated carbocycles. The minimum absolute atomic E-state index is 0.143. The molecule has 1 N–H and O–H groups in total. The predicted octanol–water partition coefficient (Wildman–Crippen LogP) is 1.40. The number of hydrogen-bond donors (Lipinski definition) is 1. The van der Waals surface area contributed by atoms with Gasteiger partial charge in [0.2, 0.25) is 15.9 Å². The molecule has 1 aromatic carbocycles. The molecule has 0 atom stereocenters. The normalized spacial score (nSPS) is 11.8. The van der Waals surface area contributed by atoms with Gasteiger partial charge in [0.15, 0.2) is 0 Å². The van der Waals surface area contributed by atoms with Gasteiger partial charge in [-0.3, -0.25) is 4.79 Å². The van der Waals surface area contributed by atoms with Crippen LogP contribution in [0.15, 0.2) is 23.1 Å². The standard InChI is InChI=1S/C15H24N2O4S/c1-11(2)9-16-15(18)10-17(4)22(19,20)13-6-7-14(21-5)12(3)8-13/h6-8,11H,9-10H2,1-5H3,(H,16,18). The molecule has 0 heterocycles. The van der Waals surface area contributed by atoms with Crippen molar-refractivity contribution >= 4 is 15.9 Å². The number of nitrogens with one attached hydrogen (secondary N) is 1. The van der Waals surface area contributed by atoms with Crippen molar-refractivity contribution in [3.05, 3.63) is 23.8 Å². The van der Waals surface area contributed by atoms with E-state index in [2.05, 4.69) is 5.32 Å². The third-order valence-corrected chi connectivity index (χ3v) is 4.95. The van der Waals surface area contributed by atoms with Gasteiger partial charge in [0.1, 0.15) is 5.75 Å². The second kappa shape index (κ2) is 7.60. The van der Waals surface area contributed by atoms with E-state index in [9.17, 15) is 13.2 Å². The number of likely N-dealkylation sites (N-methyl/N-ethyl adjacent to an activating group) is 1. The van der Waals surface area contributed by atoms with Crippen LogP contribution in [0.2, 0.25) is 0 Å². The number of methoxy groups -OCH3 is 1. The van der Waals surface area contributed by atoms with Gasteiger partial charge in [-0.25, -0.2) is 8.42 Å². The van der Waals surface area contributed by atoms with Crippen LogP contribution in [0.4, 0.5) is 0 Å². The van der Waals surface area contributed by atoms with Crippen molar-refractivity contribution in [1.82, 2.24) is 9.62 Å². The zero-order chi connectivity index (χ0) is 16.9. The van der Waals surface area contributed by atoms with E-state index in [4.69, 9.17) is 4.74 Å². The van der Waals surface area contributed by atoms with Crippen molar-refractivity contribution in [2.24, 2.45) is 5.92 Å². The zero-order valence-corrected chi connectivity index (χ0v) is 14.5. The van der Waals surface area contributed by atoms with Crippen molar-refractivity contribution in [3.8, 4) is 5.75 Å². The summed E-state index contributed by atoms with van der Waals surface area (Å²) >= 11 is 0. The van der Waals surface area contributed by atoms with Crippen LogP contribution in [0.5, 0.6) is 5.75 Å². The Kier molecular flexibility index (Phi) is 6.37. The molecule has 6 nitrogen and oxygen atoms in total. The summed E-state index contributed by atoms with van der Waals surface area (Å²) < 4.78 is 31.1. The number of ether oxygens (including phenoxy) is 1. The quantitative estimate of drug-likeness (QED) is 0.821. The average Bonchev–Trinajstić information content (AvgIpc) is 2.44. The van der Waals surface area contributed by atoms with E-state index in [1.54, 1.807) is 13.0 Å². The van der Waals surface area contributed by atoms with Crippen LogP contribution < -0.4 is 10.1 Å². The molecule has 0 aliphatic rings. The van der Waals surface area contributed by atoms with Crippen molar-refractivity contribution in [3.63, 3.8) is 0 Å². The highest BCUT2D eigenvalue weighted by atomic mass is 32.2. The summed E-state index contributed by atoms with van der Waals surface area (Å²) in [5.41, 5.74) is 0.723. The van der Waals surface area contributed by atoms with E-state index in [1.165, 1.54) is 26.3 Å². The van der Waals surface area contributed by atoms with Crippen molar-refractivity contribution < 1.29 is 17.9 Å². The Balaban J connectivity index is 2.85. The number of aryl methyl sites for hydroxylation is 1. The number of benzene rings is 1. The maximum absolute atomic E-state index is 12.5. The lowest BCUT2D eigenvalue weighted by molar-refractivity contribution is -0.121. The third kappa shape index (κ3) is 4.71. The van der Waals surface area contributed by atoms with Crippen molar-refractivity contribution in [2.75, 3.05) is 27.2 Å². The fraction of sp³-hybridized carbons (Fsp3) is 0.533. The number of sulfonamides is 1. The molecule has 0 unspecified atom stereocenters. The highest BCUT2D eigenvalue weighted by Gasteiger charge is 2.23. The molecule has 0 aliphatic carbocycles. The second-order valence-electron chi connectivity index (χ2n) is 5.59. The number of nitrogens with zero attached hydrogens (tertiary/aromatic N) is 1. The minimum atomic E-state index is -3.70. The van der Waals surface area contributed by atoms with Gasteiger partial charge in [-0.15, -0.1) is 0 Å². The van der Waals surface area contributed by atoms with Gasteiger partial charge in [0.25, 0.3) is 0 Å². The fourth-order valence-corrected chi connectivity index (χ4v) is 3.07. The minimum Gasteiger partial charge on any atom is -0.496 e. The molecule has 7 heteroatoms. The van der Waals surface area contributed by atoms with Crippen LogP contribution in [0.1, 0.15) is 19.4 Å². The zero-order valence-electron chi connectivity index (χ0n) is 13.7. The first-order chi connectivity index (χ1) is 10.2. The summed E-state index contributed by atoms with van der Waals surface area (Å²) in [5, 5.41) is 2.70. The fourth-order valence-electron chi connectivity index (χ4n) is 1.85.